The SMILES string of the molecule is CC#CCCNS(=O)(=O)c1ccc(N)cc1OC. The van der Waals surface area contributed by atoms with Crippen molar-refractivity contribution in [2.75, 3.05) is 19.4 Å². The Morgan fingerprint density at radius 3 is 2.78 bits per heavy atom. The predicted octanol–water partition coefficient (Wildman–Crippen LogP) is 0.969. The average Bonchev–Trinajstić information content (AvgIpc) is 2.34. The minimum atomic E-state index is -3.60. The van der Waals surface area contributed by atoms with Gasteiger partial charge in [-0.05, 0) is 19.1 Å². The van der Waals surface area contributed by atoms with Gasteiger partial charge in [-0.2, -0.15) is 0 Å². The van der Waals surface area contributed by atoms with Gasteiger partial charge in [0, 0.05) is 24.7 Å². The third-order valence-corrected chi connectivity index (χ3v) is 3.70. The molecule has 1 aromatic carbocycles. The highest BCUT2D eigenvalue weighted by Crippen LogP contribution is 2.25. The number of ether oxygens (including phenoxy) is 1. The molecule has 0 amide bonds. The fourth-order valence-electron chi connectivity index (χ4n) is 1.36. The summed E-state index contributed by atoms with van der Waals surface area (Å²) in [5.41, 5.74) is 6.02. The van der Waals surface area contributed by atoms with Crippen LogP contribution in [0, 0.1) is 11.8 Å². The van der Waals surface area contributed by atoms with E-state index in [1.807, 2.05) is 0 Å². The second kappa shape index (κ2) is 6.28. The summed E-state index contributed by atoms with van der Waals surface area (Å²) in [5, 5.41) is 0. The molecule has 0 aromatic heterocycles. The van der Waals surface area contributed by atoms with Crippen LogP contribution in [0.25, 0.3) is 0 Å². The monoisotopic (exact) mass is 268 g/mol. The number of nitrogens with two attached hydrogens (primary N) is 1. The maximum Gasteiger partial charge on any atom is 0.244 e. The average molecular weight is 268 g/mol. The number of hydrogen-bond donors (Lipinski definition) is 2. The maximum atomic E-state index is 12.0. The van der Waals surface area contributed by atoms with E-state index in [9.17, 15) is 8.42 Å². The highest BCUT2D eigenvalue weighted by atomic mass is 32.2. The lowest BCUT2D eigenvalue weighted by atomic mass is 10.3. The molecule has 6 heteroatoms. The first-order chi connectivity index (χ1) is 8.51. The number of nitrogens with one attached hydrogen (secondary N) is 1. The number of sulfonamides is 1. The smallest absolute Gasteiger partial charge is 0.244 e. The van der Waals surface area contributed by atoms with Gasteiger partial charge in [0.1, 0.15) is 10.6 Å². The molecule has 0 aliphatic rings. The summed E-state index contributed by atoms with van der Waals surface area (Å²) in [7, 11) is -2.20. The van der Waals surface area contributed by atoms with Crippen LogP contribution in [-0.4, -0.2) is 22.1 Å². The van der Waals surface area contributed by atoms with E-state index in [2.05, 4.69) is 16.6 Å². The molecule has 0 fully saturated rings. The first-order valence-electron chi connectivity index (χ1n) is 5.34. The number of methoxy groups -OCH3 is 1. The molecule has 0 atom stereocenters. The van der Waals surface area contributed by atoms with Crippen molar-refractivity contribution in [3.63, 3.8) is 0 Å². The van der Waals surface area contributed by atoms with E-state index in [1.54, 1.807) is 6.92 Å². The number of anilines is 1. The minimum absolute atomic E-state index is 0.0728. The van der Waals surface area contributed by atoms with Crippen molar-refractivity contribution < 1.29 is 13.2 Å². The third-order valence-electron chi connectivity index (χ3n) is 2.20. The van der Waals surface area contributed by atoms with Crippen molar-refractivity contribution in [2.24, 2.45) is 0 Å². The molecular weight excluding hydrogens is 252 g/mol. The van der Waals surface area contributed by atoms with Crippen molar-refractivity contribution >= 4 is 15.7 Å². The summed E-state index contributed by atoms with van der Waals surface area (Å²) in [6.07, 6.45) is 0.465. The molecular formula is C12H16N2O3S. The first kappa shape index (κ1) is 14.4. The molecule has 3 N–H and O–H groups in total. The Morgan fingerprint density at radius 2 is 2.17 bits per heavy atom. The van der Waals surface area contributed by atoms with Crippen LogP contribution in [0.3, 0.4) is 0 Å². The Hall–Kier alpha value is -1.71. The molecule has 18 heavy (non-hydrogen) atoms. The third kappa shape index (κ3) is 3.65. The molecule has 0 saturated heterocycles. The van der Waals surface area contributed by atoms with Crippen molar-refractivity contribution in [2.45, 2.75) is 18.2 Å². The Balaban J connectivity index is 2.93. The van der Waals surface area contributed by atoms with Crippen molar-refractivity contribution in [3.05, 3.63) is 18.2 Å². The zero-order valence-electron chi connectivity index (χ0n) is 10.4. The lowest BCUT2D eigenvalue weighted by Crippen LogP contribution is -2.25. The van der Waals surface area contributed by atoms with Crippen molar-refractivity contribution in [1.82, 2.24) is 4.72 Å². The fraction of sp³-hybridized carbons (Fsp3) is 0.333. The van der Waals surface area contributed by atoms with Crippen LogP contribution in [0.4, 0.5) is 5.69 Å². The molecule has 0 spiro atoms. The van der Waals surface area contributed by atoms with Crippen molar-refractivity contribution in [1.29, 1.82) is 0 Å². The van der Waals surface area contributed by atoms with Crippen molar-refractivity contribution in [3.8, 4) is 17.6 Å². The van der Waals surface area contributed by atoms with E-state index in [-0.39, 0.29) is 17.2 Å². The normalized spacial score (nSPS) is 10.6. The number of benzene rings is 1. The van der Waals surface area contributed by atoms with Gasteiger partial charge in [-0.1, -0.05) is 0 Å². The van der Waals surface area contributed by atoms with Gasteiger partial charge in [-0.3, -0.25) is 0 Å². The van der Waals surface area contributed by atoms with Crippen LogP contribution < -0.4 is 15.2 Å². The number of hydrogen-bond acceptors (Lipinski definition) is 4. The molecule has 0 aliphatic carbocycles. The molecule has 0 unspecified atom stereocenters. The van der Waals surface area contributed by atoms with Crippen LogP contribution in [0.1, 0.15) is 13.3 Å². The molecule has 98 valence electrons. The Bertz CT molecular complexity index is 571. The van der Waals surface area contributed by atoms with Gasteiger partial charge in [-0.25, -0.2) is 13.1 Å². The molecule has 1 aromatic rings. The zero-order chi connectivity index (χ0) is 13.6. The van der Waals surface area contributed by atoms with Gasteiger partial charge >= 0.3 is 0 Å². The van der Waals surface area contributed by atoms with E-state index in [4.69, 9.17) is 10.5 Å². The summed E-state index contributed by atoms with van der Waals surface area (Å²) in [6.45, 7) is 1.97. The largest absolute Gasteiger partial charge is 0.495 e. The summed E-state index contributed by atoms with van der Waals surface area (Å²) < 4.78 is 31.5. The molecule has 5 nitrogen and oxygen atoms in total. The van der Waals surface area contributed by atoms with Crippen LogP contribution in [-0.2, 0) is 10.0 Å². The predicted molar refractivity (Wildman–Crippen MR) is 70.7 cm³/mol. The lowest BCUT2D eigenvalue weighted by Gasteiger charge is -2.10. The number of nitrogen functional groups attached to an aromatic ring is 1. The lowest BCUT2D eigenvalue weighted by molar-refractivity contribution is 0.402. The standard InChI is InChI=1S/C12H16N2O3S/c1-3-4-5-8-14-18(15,16)12-7-6-10(13)9-11(12)17-2/h6-7,9,14H,5,8,13H2,1-2H3. The first-order valence-corrected chi connectivity index (χ1v) is 6.82. The van der Waals surface area contributed by atoms with Crippen LogP contribution in [0.2, 0.25) is 0 Å². The second-order valence-electron chi connectivity index (χ2n) is 3.48. The summed E-state index contributed by atoms with van der Waals surface area (Å²) in [6, 6.07) is 4.41. The highest BCUT2D eigenvalue weighted by Gasteiger charge is 2.18. The molecule has 0 bridgehead atoms. The van der Waals surface area contributed by atoms with Gasteiger partial charge in [0.25, 0.3) is 0 Å². The topological polar surface area (TPSA) is 81.4 Å². The quantitative estimate of drug-likeness (QED) is 0.473. The van der Waals surface area contributed by atoms with Crippen LogP contribution in [0.15, 0.2) is 23.1 Å². The van der Waals surface area contributed by atoms with E-state index in [0.717, 1.165) is 0 Å². The Kier molecular flexibility index (Phi) is 5.01. The van der Waals surface area contributed by atoms with Crippen LogP contribution >= 0.6 is 0 Å². The molecule has 0 heterocycles. The van der Waals surface area contributed by atoms with Crippen LogP contribution in [0.5, 0.6) is 5.75 Å². The zero-order valence-corrected chi connectivity index (χ0v) is 11.2. The van der Waals surface area contributed by atoms with E-state index in [1.165, 1.54) is 25.3 Å². The van der Waals surface area contributed by atoms with E-state index in [0.29, 0.717) is 12.1 Å². The highest BCUT2D eigenvalue weighted by molar-refractivity contribution is 7.89. The summed E-state index contributed by atoms with van der Waals surface area (Å²) in [5.74, 6) is 5.71. The van der Waals surface area contributed by atoms with Gasteiger partial charge in [-0.15, -0.1) is 11.8 Å². The molecule has 1 rings (SSSR count). The van der Waals surface area contributed by atoms with Gasteiger partial charge in [0.15, 0.2) is 0 Å². The van der Waals surface area contributed by atoms with Gasteiger partial charge in [0.05, 0.1) is 7.11 Å². The molecule has 0 saturated carbocycles. The molecule has 0 radical (unpaired) electrons. The minimum Gasteiger partial charge on any atom is -0.495 e. The maximum absolute atomic E-state index is 12.0. The Morgan fingerprint density at radius 1 is 1.44 bits per heavy atom. The molecule has 0 aliphatic heterocycles. The van der Waals surface area contributed by atoms with E-state index >= 15 is 0 Å². The van der Waals surface area contributed by atoms with Gasteiger partial charge in [0.2, 0.25) is 10.0 Å². The van der Waals surface area contributed by atoms with E-state index < -0.39 is 10.0 Å². The second-order valence-corrected chi connectivity index (χ2v) is 5.22. The fourth-order valence-corrected chi connectivity index (χ4v) is 2.54. The summed E-state index contributed by atoms with van der Waals surface area (Å²) in [4.78, 5) is 0.0728. The number of rotatable bonds is 5. The Labute approximate surface area is 107 Å². The summed E-state index contributed by atoms with van der Waals surface area (Å²) >= 11 is 0. The van der Waals surface area contributed by atoms with Gasteiger partial charge < -0.3 is 10.5 Å².